The summed E-state index contributed by atoms with van der Waals surface area (Å²) in [5.41, 5.74) is 2.05. The maximum absolute atomic E-state index is 12.6. The second-order valence-electron chi connectivity index (χ2n) is 5.11. The predicted octanol–water partition coefficient (Wildman–Crippen LogP) is 4.08. The third kappa shape index (κ3) is 2.96. The minimum atomic E-state index is -0.549. The number of hydrogen-bond acceptors (Lipinski definition) is 3. The number of nitrogens with one attached hydrogen (secondary N) is 1. The van der Waals surface area contributed by atoms with Crippen molar-refractivity contribution in [1.29, 1.82) is 0 Å². The van der Waals surface area contributed by atoms with E-state index >= 15 is 0 Å². The molecule has 6 heteroatoms. The number of halogens is 2. The van der Waals surface area contributed by atoms with E-state index < -0.39 is 11.8 Å². The first kappa shape index (κ1) is 15.6. The van der Waals surface area contributed by atoms with Crippen LogP contribution >= 0.6 is 23.2 Å². The van der Waals surface area contributed by atoms with E-state index in [-0.39, 0.29) is 10.7 Å². The lowest BCUT2D eigenvalue weighted by Gasteiger charge is -2.15. The first-order valence-electron chi connectivity index (χ1n) is 6.85. The van der Waals surface area contributed by atoms with Crippen molar-refractivity contribution in [2.75, 3.05) is 10.2 Å². The molecule has 1 aliphatic heterocycles. The summed E-state index contributed by atoms with van der Waals surface area (Å²) in [6.45, 7) is 1.88. The van der Waals surface area contributed by atoms with Crippen LogP contribution in [0, 0.1) is 6.92 Å². The van der Waals surface area contributed by atoms with Gasteiger partial charge in [0.15, 0.2) is 0 Å². The molecule has 3 rings (SSSR count). The highest BCUT2D eigenvalue weighted by molar-refractivity contribution is 6.53. The predicted molar refractivity (Wildman–Crippen MR) is 91.6 cm³/mol. The molecule has 2 aromatic rings. The zero-order chi connectivity index (χ0) is 16.6. The van der Waals surface area contributed by atoms with Gasteiger partial charge in [-0.3, -0.25) is 9.59 Å². The summed E-state index contributed by atoms with van der Waals surface area (Å²) in [7, 11) is 0. The Hall–Kier alpha value is -2.30. The Labute approximate surface area is 143 Å². The maximum atomic E-state index is 12.6. The number of rotatable bonds is 3. The van der Waals surface area contributed by atoms with Gasteiger partial charge in [0, 0.05) is 10.7 Å². The van der Waals surface area contributed by atoms with E-state index in [1.165, 1.54) is 0 Å². The summed E-state index contributed by atoms with van der Waals surface area (Å²) in [5.74, 6) is -1.04. The molecule has 0 saturated carbocycles. The van der Waals surface area contributed by atoms with Crippen molar-refractivity contribution in [1.82, 2.24) is 0 Å². The van der Waals surface area contributed by atoms with E-state index in [1.807, 2.05) is 13.0 Å². The van der Waals surface area contributed by atoms with Gasteiger partial charge >= 0.3 is 0 Å². The average Bonchev–Trinajstić information content (AvgIpc) is 2.71. The van der Waals surface area contributed by atoms with Crippen LogP contribution < -0.4 is 10.2 Å². The molecular weight excluding hydrogens is 335 g/mol. The molecule has 1 N–H and O–H groups in total. The Bertz CT molecular complexity index is 846. The number of aryl methyl sites for hydroxylation is 1. The first-order chi connectivity index (χ1) is 11.0. The van der Waals surface area contributed by atoms with Crippen LogP contribution in [0.25, 0.3) is 0 Å². The summed E-state index contributed by atoms with van der Waals surface area (Å²) in [6.07, 6.45) is 0. The van der Waals surface area contributed by atoms with E-state index in [4.69, 9.17) is 23.2 Å². The van der Waals surface area contributed by atoms with E-state index in [9.17, 15) is 9.59 Å². The number of carbonyl (C=O) groups is 2. The van der Waals surface area contributed by atoms with Crippen LogP contribution in [0.5, 0.6) is 0 Å². The Morgan fingerprint density at radius 1 is 0.957 bits per heavy atom. The molecule has 0 fully saturated rings. The molecule has 0 aliphatic carbocycles. The van der Waals surface area contributed by atoms with Gasteiger partial charge in [-0.15, -0.1) is 0 Å². The molecular formula is C17H12Cl2N2O2. The van der Waals surface area contributed by atoms with Crippen LogP contribution in [0.2, 0.25) is 5.02 Å². The number of carbonyl (C=O) groups excluding carboxylic acids is 2. The normalized spacial score (nSPS) is 14.7. The topological polar surface area (TPSA) is 49.4 Å². The van der Waals surface area contributed by atoms with Crippen molar-refractivity contribution in [3.63, 3.8) is 0 Å². The van der Waals surface area contributed by atoms with Crippen molar-refractivity contribution < 1.29 is 9.59 Å². The second-order valence-corrected chi connectivity index (χ2v) is 5.92. The van der Waals surface area contributed by atoms with Crippen LogP contribution in [-0.4, -0.2) is 11.8 Å². The smallest absolute Gasteiger partial charge is 0.283 e. The fourth-order valence-corrected chi connectivity index (χ4v) is 2.73. The van der Waals surface area contributed by atoms with E-state index in [2.05, 4.69) is 5.32 Å². The number of amides is 2. The molecule has 0 spiro atoms. The summed E-state index contributed by atoms with van der Waals surface area (Å²) >= 11 is 12.0. The van der Waals surface area contributed by atoms with Crippen molar-refractivity contribution in [2.45, 2.75) is 6.92 Å². The molecule has 0 saturated heterocycles. The average molecular weight is 347 g/mol. The maximum Gasteiger partial charge on any atom is 0.283 e. The van der Waals surface area contributed by atoms with Gasteiger partial charge in [0.1, 0.15) is 10.7 Å². The number of imide groups is 1. The quantitative estimate of drug-likeness (QED) is 0.851. The number of hydrogen-bond donors (Lipinski definition) is 1. The van der Waals surface area contributed by atoms with Crippen molar-refractivity contribution in [2.24, 2.45) is 0 Å². The lowest BCUT2D eigenvalue weighted by molar-refractivity contribution is -0.120. The molecule has 1 heterocycles. The van der Waals surface area contributed by atoms with E-state index in [0.29, 0.717) is 16.4 Å². The Kier molecular flexibility index (Phi) is 4.11. The van der Waals surface area contributed by atoms with Gasteiger partial charge in [-0.2, -0.15) is 0 Å². The molecule has 0 unspecified atom stereocenters. The molecule has 0 bridgehead atoms. The van der Waals surface area contributed by atoms with Gasteiger partial charge in [-0.1, -0.05) is 41.4 Å². The van der Waals surface area contributed by atoms with Gasteiger partial charge in [0.2, 0.25) is 0 Å². The zero-order valence-corrected chi connectivity index (χ0v) is 13.7. The molecule has 2 amide bonds. The third-order valence-electron chi connectivity index (χ3n) is 3.38. The Balaban J connectivity index is 1.93. The van der Waals surface area contributed by atoms with Gasteiger partial charge in [0.05, 0.1) is 5.69 Å². The number of anilines is 2. The van der Waals surface area contributed by atoms with Crippen LogP contribution in [0.4, 0.5) is 11.4 Å². The lowest BCUT2D eigenvalue weighted by atomic mass is 10.2. The van der Waals surface area contributed by atoms with Crippen molar-refractivity contribution >= 4 is 46.4 Å². The van der Waals surface area contributed by atoms with Gasteiger partial charge < -0.3 is 5.32 Å². The first-order valence-corrected chi connectivity index (χ1v) is 7.61. The molecule has 0 radical (unpaired) electrons. The van der Waals surface area contributed by atoms with Crippen molar-refractivity contribution in [3.05, 3.63) is 69.8 Å². The van der Waals surface area contributed by atoms with Gasteiger partial charge in [-0.05, 0) is 42.8 Å². The lowest BCUT2D eigenvalue weighted by Crippen LogP contribution is -2.32. The highest BCUT2D eigenvalue weighted by Crippen LogP contribution is 2.30. The minimum absolute atomic E-state index is 0.0421. The van der Waals surface area contributed by atoms with Crippen LogP contribution in [0.3, 0.4) is 0 Å². The van der Waals surface area contributed by atoms with E-state index in [0.717, 1.165) is 10.5 Å². The van der Waals surface area contributed by atoms with Crippen LogP contribution in [0.15, 0.2) is 59.3 Å². The second kappa shape index (κ2) is 6.07. The zero-order valence-electron chi connectivity index (χ0n) is 12.1. The number of benzene rings is 2. The summed E-state index contributed by atoms with van der Waals surface area (Å²) in [4.78, 5) is 26.0. The van der Waals surface area contributed by atoms with E-state index in [1.54, 1.807) is 42.5 Å². The minimum Gasteiger partial charge on any atom is -0.350 e. The van der Waals surface area contributed by atoms with Crippen molar-refractivity contribution in [3.8, 4) is 0 Å². The monoisotopic (exact) mass is 346 g/mol. The molecule has 23 heavy (non-hydrogen) atoms. The molecule has 1 aliphatic rings. The molecule has 4 nitrogen and oxygen atoms in total. The summed E-state index contributed by atoms with van der Waals surface area (Å²) < 4.78 is 0. The molecule has 0 aromatic heterocycles. The van der Waals surface area contributed by atoms with Crippen LogP contribution in [0.1, 0.15) is 5.56 Å². The Morgan fingerprint density at radius 2 is 1.70 bits per heavy atom. The highest BCUT2D eigenvalue weighted by Gasteiger charge is 2.38. The fourth-order valence-electron chi connectivity index (χ4n) is 2.32. The third-order valence-corrected chi connectivity index (χ3v) is 3.97. The number of nitrogens with zero attached hydrogens (tertiary/aromatic N) is 1. The highest BCUT2D eigenvalue weighted by atomic mass is 35.5. The van der Waals surface area contributed by atoms with Gasteiger partial charge in [-0.25, -0.2) is 4.90 Å². The summed E-state index contributed by atoms with van der Waals surface area (Å²) in [6, 6.07) is 13.9. The molecule has 0 atom stereocenters. The van der Waals surface area contributed by atoms with Gasteiger partial charge in [0.25, 0.3) is 11.8 Å². The Morgan fingerprint density at radius 3 is 2.39 bits per heavy atom. The van der Waals surface area contributed by atoms with Crippen LogP contribution in [-0.2, 0) is 9.59 Å². The largest absolute Gasteiger partial charge is 0.350 e. The molecule has 116 valence electrons. The summed E-state index contributed by atoms with van der Waals surface area (Å²) in [5, 5.41) is 3.25. The SMILES string of the molecule is Cc1cccc(N2C(=O)C(Cl)=C(Nc3cccc(Cl)c3)C2=O)c1. The standard InChI is InChI=1S/C17H12Cl2N2O2/c1-10-4-2-7-13(8-10)21-16(22)14(19)15(17(21)23)20-12-6-3-5-11(18)9-12/h2-9,20H,1H3. The molecule has 2 aromatic carbocycles. The fraction of sp³-hybridized carbons (Fsp3) is 0.0588.